The Morgan fingerprint density at radius 2 is 2.04 bits per heavy atom. The number of hydroxylamine groups is 1. The number of aryl methyl sites for hydroxylation is 2. The highest BCUT2D eigenvalue weighted by atomic mass is 79.9. The van der Waals surface area contributed by atoms with Crippen molar-refractivity contribution >= 4 is 21.8 Å². The number of hydrogen-bond donors (Lipinski definition) is 4. The van der Waals surface area contributed by atoms with Crippen LogP contribution in [0.3, 0.4) is 0 Å². The molecule has 0 aliphatic heterocycles. The van der Waals surface area contributed by atoms with Crippen molar-refractivity contribution in [3.8, 4) is 22.7 Å². The summed E-state index contributed by atoms with van der Waals surface area (Å²) in [5, 5.41) is 30.8. The first-order chi connectivity index (χ1) is 12.3. The Balaban J connectivity index is 2.45. The normalized spacial score (nSPS) is 11.0. The molecule has 136 valence electrons. The van der Waals surface area contributed by atoms with Crippen molar-refractivity contribution in [2.45, 2.75) is 20.8 Å². The van der Waals surface area contributed by atoms with Gasteiger partial charge in [-0.2, -0.15) is 0 Å². The average Bonchev–Trinajstić information content (AvgIpc) is 3.06. The quantitative estimate of drug-likeness (QED) is 0.290. The lowest BCUT2D eigenvalue weighted by molar-refractivity contribution is 0.233. The van der Waals surface area contributed by atoms with Crippen LogP contribution in [0.4, 0.5) is 4.39 Å². The van der Waals surface area contributed by atoms with Gasteiger partial charge in [0.2, 0.25) is 0 Å². The van der Waals surface area contributed by atoms with Crippen molar-refractivity contribution in [2.75, 3.05) is 0 Å². The van der Waals surface area contributed by atoms with Crippen LogP contribution in [0.15, 0.2) is 27.2 Å². The molecule has 0 radical (unpaired) electrons. The number of hydrogen-bond acceptors (Lipinski definition) is 5. The average molecular weight is 423 g/mol. The number of aromatic nitrogens is 2. The second-order valence-electron chi connectivity index (χ2n) is 5.80. The SMILES string of the molecule is Cc1noc(C)c1-n1c(C(=N)NO)c(C)c(Br)c1-c1ccc(O)c(F)c1. The number of amidine groups is 1. The number of benzene rings is 1. The van der Waals surface area contributed by atoms with Crippen LogP contribution in [0, 0.1) is 32.0 Å². The standard InChI is InChI=1S/C17H16BrFN4O3/c1-7-13(18)16(10-4-5-12(24)11(19)6-10)23(14(7)17(20)21-25)15-8(2)22-26-9(15)3/h4-6,24-25H,1-3H3,(H2,20,21). The molecule has 4 N–H and O–H groups in total. The van der Waals surface area contributed by atoms with Gasteiger partial charge in [-0.25, -0.2) is 4.39 Å². The van der Waals surface area contributed by atoms with Crippen LogP contribution >= 0.6 is 15.9 Å². The van der Waals surface area contributed by atoms with Gasteiger partial charge >= 0.3 is 0 Å². The highest BCUT2D eigenvalue weighted by molar-refractivity contribution is 9.10. The van der Waals surface area contributed by atoms with E-state index in [-0.39, 0.29) is 5.84 Å². The summed E-state index contributed by atoms with van der Waals surface area (Å²) in [6.07, 6.45) is 0. The first-order valence-electron chi connectivity index (χ1n) is 7.59. The summed E-state index contributed by atoms with van der Waals surface area (Å²) in [6, 6.07) is 4.02. The number of aromatic hydroxyl groups is 1. The smallest absolute Gasteiger partial charge is 0.167 e. The fourth-order valence-electron chi connectivity index (χ4n) is 2.94. The molecule has 3 aromatic rings. The van der Waals surface area contributed by atoms with Gasteiger partial charge in [0.25, 0.3) is 0 Å². The maximum Gasteiger partial charge on any atom is 0.167 e. The van der Waals surface area contributed by atoms with Crippen LogP contribution in [0.2, 0.25) is 0 Å². The van der Waals surface area contributed by atoms with Crippen molar-refractivity contribution in [3.05, 3.63) is 51.2 Å². The van der Waals surface area contributed by atoms with Gasteiger partial charge in [0.05, 0.1) is 11.4 Å². The predicted octanol–water partition coefficient (Wildman–Crippen LogP) is 3.97. The molecule has 0 fully saturated rings. The van der Waals surface area contributed by atoms with E-state index in [0.29, 0.717) is 44.1 Å². The Hall–Kier alpha value is -2.65. The van der Waals surface area contributed by atoms with Gasteiger partial charge in [-0.1, -0.05) is 5.16 Å². The summed E-state index contributed by atoms with van der Waals surface area (Å²) in [7, 11) is 0. The number of rotatable bonds is 3. The molecule has 0 saturated carbocycles. The highest BCUT2D eigenvalue weighted by Gasteiger charge is 2.27. The van der Waals surface area contributed by atoms with E-state index in [0.717, 1.165) is 0 Å². The topological polar surface area (TPSA) is 107 Å². The third-order valence-corrected chi connectivity index (χ3v) is 5.10. The largest absolute Gasteiger partial charge is 0.505 e. The zero-order valence-electron chi connectivity index (χ0n) is 14.2. The van der Waals surface area contributed by atoms with Gasteiger partial charge in [0.1, 0.15) is 11.4 Å². The van der Waals surface area contributed by atoms with E-state index in [1.165, 1.54) is 12.1 Å². The maximum absolute atomic E-state index is 14.0. The van der Waals surface area contributed by atoms with E-state index >= 15 is 0 Å². The van der Waals surface area contributed by atoms with Crippen LogP contribution < -0.4 is 5.48 Å². The second kappa shape index (κ2) is 6.58. The van der Waals surface area contributed by atoms with E-state index in [1.807, 2.05) is 5.48 Å². The van der Waals surface area contributed by atoms with E-state index < -0.39 is 11.6 Å². The number of nitrogens with zero attached hydrogens (tertiary/aromatic N) is 2. The van der Waals surface area contributed by atoms with Crippen molar-refractivity contribution < 1.29 is 19.2 Å². The van der Waals surface area contributed by atoms with Crippen molar-refractivity contribution in [3.63, 3.8) is 0 Å². The van der Waals surface area contributed by atoms with E-state index in [2.05, 4.69) is 21.1 Å². The Morgan fingerprint density at radius 1 is 1.35 bits per heavy atom. The predicted molar refractivity (Wildman–Crippen MR) is 96.6 cm³/mol. The lowest BCUT2D eigenvalue weighted by atomic mass is 10.1. The third-order valence-electron chi connectivity index (χ3n) is 4.13. The molecular weight excluding hydrogens is 407 g/mol. The molecule has 3 rings (SSSR count). The molecule has 1 aromatic carbocycles. The van der Waals surface area contributed by atoms with Gasteiger partial charge < -0.3 is 14.2 Å². The Kier molecular flexibility index (Phi) is 4.59. The number of phenolic OH excluding ortho intramolecular Hbond substituents is 1. The van der Waals surface area contributed by atoms with Gasteiger partial charge in [0, 0.05) is 10.0 Å². The van der Waals surface area contributed by atoms with Crippen molar-refractivity contribution in [2.24, 2.45) is 0 Å². The zero-order valence-corrected chi connectivity index (χ0v) is 15.8. The van der Waals surface area contributed by atoms with Crippen molar-refractivity contribution in [1.82, 2.24) is 15.2 Å². The minimum Gasteiger partial charge on any atom is -0.505 e. The molecule has 0 spiro atoms. The number of nitrogens with one attached hydrogen (secondary N) is 2. The first kappa shape index (κ1) is 18.2. The van der Waals surface area contributed by atoms with Crippen LogP contribution in [0.25, 0.3) is 16.9 Å². The summed E-state index contributed by atoms with van der Waals surface area (Å²) in [4.78, 5) is 0. The molecule has 9 heteroatoms. The lowest BCUT2D eigenvalue weighted by Gasteiger charge is -2.14. The zero-order chi connectivity index (χ0) is 19.2. The summed E-state index contributed by atoms with van der Waals surface area (Å²) in [6.45, 7) is 5.23. The lowest BCUT2D eigenvalue weighted by Crippen LogP contribution is -2.23. The van der Waals surface area contributed by atoms with Crippen molar-refractivity contribution in [1.29, 1.82) is 5.41 Å². The maximum atomic E-state index is 14.0. The fraction of sp³-hybridized carbons (Fsp3) is 0.176. The fourth-order valence-corrected chi connectivity index (χ4v) is 3.54. The Labute approximate surface area is 156 Å². The van der Waals surface area contributed by atoms with Crippen LogP contribution in [0.1, 0.15) is 22.7 Å². The van der Waals surface area contributed by atoms with Gasteiger partial charge in [0.15, 0.2) is 23.2 Å². The molecule has 0 bridgehead atoms. The molecule has 0 saturated heterocycles. The molecule has 0 aliphatic carbocycles. The minimum atomic E-state index is -0.768. The number of phenols is 1. The minimum absolute atomic E-state index is 0.242. The summed E-state index contributed by atoms with van der Waals surface area (Å²) in [5.74, 6) is -0.969. The van der Waals surface area contributed by atoms with Gasteiger partial charge in [-0.15, -0.1) is 0 Å². The molecule has 2 aromatic heterocycles. The Morgan fingerprint density at radius 3 is 2.58 bits per heavy atom. The Bertz CT molecular complexity index is 1010. The molecule has 0 aliphatic rings. The van der Waals surface area contributed by atoms with E-state index in [9.17, 15) is 14.7 Å². The third kappa shape index (κ3) is 2.69. The number of halogens is 2. The summed E-state index contributed by atoms with van der Waals surface area (Å²) >= 11 is 3.50. The molecule has 2 heterocycles. The summed E-state index contributed by atoms with van der Waals surface area (Å²) in [5.41, 5.74) is 5.01. The molecule has 7 nitrogen and oxygen atoms in total. The van der Waals surface area contributed by atoms with Gasteiger partial charge in [-0.3, -0.25) is 16.1 Å². The molecule has 0 unspecified atom stereocenters. The van der Waals surface area contributed by atoms with Crippen LogP contribution in [-0.4, -0.2) is 25.9 Å². The molecule has 0 atom stereocenters. The van der Waals surface area contributed by atoms with Crippen LogP contribution in [-0.2, 0) is 0 Å². The summed E-state index contributed by atoms with van der Waals surface area (Å²) < 4.78 is 21.5. The van der Waals surface area contributed by atoms with E-state index in [4.69, 9.17) is 9.93 Å². The molecule has 26 heavy (non-hydrogen) atoms. The monoisotopic (exact) mass is 422 g/mol. The van der Waals surface area contributed by atoms with Gasteiger partial charge in [-0.05, 0) is 60.5 Å². The highest BCUT2D eigenvalue weighted by Crippen LogP contribution is 2.40. The second-order valence-corrected chi connectivity index (χ2v) is 6.59. The molecule has 0 amide bonds. The molecular formula is C17H16BrFN4O3. The first-order valence-corrected chi connectivity index (χ1v) is 8.39. The van der Waals surface area contributed by atoms with Crippen LogP contribution in [0.5, 0.6) is 5.75 Å². The van der Waals surface area contributed by atoms with E-state index in [1.54, 1.807) is 31.4 Å².